The lowest BCUT2D eigenvalue weighted by atomic mass is 10.0. The number of benzene rings is 3. The number of non-ortho nitro benzene ring substituents is 1. The third kappa shape index (κ3) is 8.47. The topological polar surface area (TPSA) is 156 Å². The summed E-state index contributed by atoms with van der Waals surface area (Å²) in [5, 5.41) is 22.9. The van der Waals surface area contributed by atoms with Gasteiger partial charge in [-0.05, 0) is 35.2 Å². The first-order valence-corrected chi connectivity index (χ1v) is 12.7. The fourth-order valence-corrected chi connectivity index (χ4v) is 4.90. The average molecular weight is 530 g/mol. The quantitative estimate of drug-likeness (QED) is 0.240. The van der Waals surface area contributed by atoms with E-state index in [0.29, 0.717) is 16.7 Å². The van der Waals surface area contributed by atoms with Crippen LogP contribution >= 0.6 is 0 Å². The molecule has 194 valence electrons. The van der Waals surface area contributed by atoms with E-state index in [1.807, 2.05) is 0 Å². The Bertz CT molecular complexity index is 1350. The molecule has 0 aromatic heterocycles. The first-order valence-electron chi connectivity index (χ1n) is 11.1. The number of hydrogen-bond donors (Lipinski definition) is 3. The molecule has 3 N–H and O–H groups in total. The van der Waals surface area contributed by atoms with Gasteiger partial charge in [0.2, 0.25) is 15.9 Å². The Labute approximate surface area is 212 Å². The van der Waals surface area contributed by atoms with Gasteiger partial charge < -0.3 is 10.4 Å². The summed E-state index contributed by atoms with van der Waals surface area (Å²) in [7, 11) is -4.05. The van der Waals surface area contributed by atoms with E-state index in [1.165, 1.54) is 36.4 Å². The predicted molar refractivity (Wildman–Crippen MR) is 132 cm³/mol. The molecular formula is C25H24FN3O7S. The van der Waals surface area contributed by atoms with Crippen molar-refractivity contribution in [3.8, 4) is 0 Å². The molecule has 0 spiro atoms. The van der Waals surface area contributed by atoms with Gasteiger partial charge in [0.1, 0.15) is 17.9 Å². The molecule has 1 amide bonds. The zero-order valence-electron chi connectivity index (χ0n) is 19.4. The smallest absolute Gasteiger partial charge is 0.326 e. The van der Waals surface area contributed by atoms with Crippen LogP contribution in [0.1, 0.15) is 16.7 Å². The molecule has 0 aliphatic carbocycles. The molecule has 0 aliphatic rings. The molecule has 3 aromatic carbocycles. The number of carboxylic acid groups (broad SMARTS) is 1. The van der Waals surface area contributed by atoms with Crippen LogP contribution in [0.3, 0.4) is 0 Å². The van der Waals surface area contributed by atoms with E-state index in [1.54, 1.807) is 30.3 Å². The van der Waals surface area contributed by atoms with Crippen LogP contribution in [-0.4, -0.2) is 42.4 Å². The Morgan fingerprint density at radius 2 is 1.41 bits per heavy atom. The maximum Gasteiger partial charge on any atom is 0.326 e. The standard InChI is InChI=1S/C25H24FN3O7S/c26-20-10-6-17(7-11-20)15-23(25(31)32)27-24(30)22(14-18-8-12-21(13-9-18)29(33)34)28-37(35,36)16-19-4-2-1-3-5-19/h1-13,22-23,28H,14-16H2,(H,27,30)(H,31,32)/t22-,23-/m0/s1. The van der Waals surface area contributed by atoms with E-state index in [-0.39, 0.29) is 18.5 Å². The van der Waals surface area contributed by atoms with Crippen molar-refractivity contribution in [3.05, 3.63) is 111 Å². The zero-order valence-corrected chi connectivity index (χ0v) is 20.2. The minimum Gasteiger partial charge on any atom is -0.480 e. The number of aliphatic carboxylic acids is 1. The van der Waals surface area contributed by atoms with Crippen LogP contribution in [0.5, 0.6) is 0 Å². The van der Waals surface area contributed by atoms with E-state index in [4.69, 9.17) is 0 Å². The molecule has 0 radical (unpaired) electrons. The summed E-state index contributed by atoms with van der Waals surface area (Å²) in [6, 6.07) is 15.7. The molecule has 0 saturated heterocycles. The number of carboxylic acids is 1. The first-order chi connectivity index (χ1) is 17.5. The zero-order chi connectivity index (χ0) is 27.0. The summed E-state index contributed by atoms with van der Waals surface area (Å²) >= 11 is 0. The summed E-state index contributed by atoms with van der Waals surface area (Å²) in [6.45, 7) is 0. The van der Waals surface area contributed by atoms with Crippen LogP contribution in [0.2, 0.25) is 0 Å². The van der Waals surface area contributed by atoms with Crippen molar-refractivity contribution >= 4 is 27.6 Å². The molecular weight excluding hydrogens is 505 g/mol. The molecule has 12 heteroatoms. The fourth-order valence-electron chi connectivity index (χ4n) is 3.56. The van der Waals surface area contributed by atoms with Crippen LogP contribution in [0.15, 0.2) is 78.9 Å². The van der Waals surface area contributed by atoms with Crippen LogP contribution in [0.4, 0.5) is 10.1 Å². The van der Waals surface area contributed by atoms with Gasteiger partial charge in [-0.3, -0.25) is 14.9 Å². The molecule has 0 aliphatic heterocycles. The van der Waals surface area contributed by atoms with Crippen molar-refractivity contribution in [2.45, 2.75) is 30.7 Å². The van der Waals surface area contributed by atoms with Crippen molar-refractivity contribution in [1.29, 1.82) is 0 Å². The Hall–Kier alpha value is -4.16. The Kier molecular flexibility index (Phi) is 9.04. The van der Waals surface area contributed by atoms with E-state index in [0.717, 1.165) is 12.1 Å². The number of carbonyl (C=O) groups excluding carboxylic acids is 1. The third-order valence-corrected chi connectivity index (χ3v) is 6.75. The summed E-state index contributed by atoms with van der Waals surface area (Å²) < 4.78 is 41.2. The number of nitro groups is 1. The number of rotatable bonds is 12. The summed E-state index contributed by atoms with van der Waals surface area (Å²) in [4.78, 5) is 35.3. The highest BCUT2D eigenvalue weighted by Crippen LogP contribution is 2.15. The number of carbonyl (C=O) groups is 2. The first kappa shape index (κ1) is 27.4. The normalized spacial score (nSPS) is 12.9. The van der Waals surface area contributed by atoms with Gasteiger partial charge in [-0.2, -0.15) is 0 Å². The molecule has 0 unspecified atom stereocenters. The van der Waals surface area contributed by atoms with E-state index in [2.05, 4.69) is 10.0 Å². The molecule has 2 atom stereocenters. The summed E-state index contributed by atoms with van der Waals surface area (Å²) in [6.07, 6.45) is -0.358. The third-order valence-electron chi connectivity index (χ3n) is 5.39. The van der Waals surface area contributed by atoms with Gasteiger partial charge in [0, 0.05) is 18.6 Å². The molecule has 3 aromatic rings. The lowest BCUT2D eigenvalue weighted by Gasteiger charge is -2.22. The van der Waals surface area contributed by atoms with Crippen LogP contribution in [0, 0.1) is 15.9 Å². The Morgan fingerprint density at radius 1 is 0.865 bits per heavy atom. The second-order valence-corrected chi connectivity index (χ2v) is 10.0. The molecule has 0 bridgehead atoms. The van der Waals surface area contributed by atoms with Crippen LogP contribution < -0.4 is 10.0 Å². The number of halogens is 1. The molecule has 10 nitrogen and oxygen atoms in total. The van der Waals surface area contributed by atoms with Gasteiger partial charge in [-0.15, -0.1) is 0 Å². The highest BCUT2D eigenvalue weighted by molar-refractivity contribution is 7.88. The van der Waals surface area contributed by atoms with Gasteiger partial charge >= 0.3 is 5.97 Å². The van der Waals surface area contributed by atoms with Crippen molar-refractivity contribution in [3.63, 3.8) is 0 Å². The van der Waals surface area contributed by atoms with Crippen molar-refractivity contribution in [2.75, 3.05) is 0 Å². The van der Waals surface area contributed by atoms with Crippen LogP contribution in [0.25, 0.3) is 0 Å². The molecule has 3 rings (SSSR count). The van der Waals surface area contributed by atoms with Gasteiger partial charge in [0.25, 0.3) is 5.69 Å². The number of sulfonamides is 1. The SMILES string of the molecule is O=C(O)[C@H](Cc1ccc(F)cc1)NC(=O)[C@H](Cc1ccc([N+](=O)[O-])cc1)NS(=O)(=O)Cc1ccccc1. The Balaban J connectivity index is 1.82. The number of nitrogens with one attached hydrogen (secondary N) is 2. The number of hydrogen-bond acceptors (Lipinski definition) is 6. The van der Waals surface area contributed by atoms with E-state index < -0.39 is 50.5 Å². The minimum absolute atomic E-state index is 0.164. The van der Waals surface area contributed by atoms with Crippen LogP contribution in [-0.2, 0) is 38.2 Å². The number of amides is 1. The Morgan fingerprint density at radius 3 is 1.95 bits per heavy atom. The van der Waals surface area contributed by atoms with Gasteiger partial charge in [-0.25, -0.2) is 22.3 Å². The largest absolute Gasteiger partial charge is 0.480 e. The maximum absolute atomic E-state index is 13.2. The maximum atomic E-state index is 13.2. The van der Waals surface area contributed by atoms with Crippen molar-refractivity contribution < 1.29 is 32.4 Å². The van der Waals surface area contributed by atoms with Gasteiger partial charge in [0.05, 0.1) is 10.7 Å². The second-order valence-electron chi connectivity index (χ2n) is 8.27. The van der Waals surface area contributed by atoms with E-state index >= 15 is 0 Å². The number of nitro benzene ring substituents is 1. The molecule has 0 saturated carbocycles. The van der Waals surface area contributed by atoms with Gasteiger partial charge in [0.15, 0.2) is 0 Å². The fraction of sp³-hybridized carbons (Fsp3) is 0.200. The summed E-state index contributed by atoms with van der Waals surface area (Å²) in [5.74, 6) is -3.19. The molecule has 37 heavy (non-hydrogen) atoms. The lowest BCUT2D eigenvalue weighted by Crippen LogP contribution is -2.53. The average Bonchev–Trinajstić information content (AvgIpc) is 2.85. The van der Waals surface area contributed by atoms with E-state index in [9.17, 15) is 37.6 Å². The van der Waals surface area contributed by atoms with Crippen molar-refractivity contribution in [2.24, 2.45) is 0 Å². The lowest BCUT2D eigenvalue weighted by molar-refractivity contribution is -0.384. The second kappa shape index (κ2) is 12.2. The van der Waals surface area contributed by atoms with Gasteiger partial charge in [-0.1, -0.05) is 54.6 Å². The molecule has 0 heterocycles. The highest BCUT2D eigenvalue weighted by Gasteiger charge is 2.29. The summed E-state index contributed by atoms with van der Waals surface area (Å²) in [5.41, 5.74) is 1.16. The minimum atomic E-state index is -4.05. The van der Waals surface area contributed by atoms with Crippen molar-refractivity contribution in [1.82, 2.24) is 10.0 Å². The highest BCUT2D eigenvalue weighted by atomic mass is 32.2. The number of nitrogens with zero attached hydrogens (tertiary/aromatic N) is 1. The molecule has 0 fully saturated rings. The predicted octanol–water partition coefficient (Wildman–Crippen LogP) is 2.58. The monoisotopic (exact) mass is 529 g/mol.